The highest BCUT2D eigenvalue weighted by Gasteiger charge is 2.41. The third kappa shape index (κ3) is 2.08. The molecule has 0 spiro atoms. The van der Waals surface area contributed by atoms with Gasteiger partial charge >= 0.3 is 6.30 Å². The van der Waals surface area contributed by atoms with Crippen LogP contribution in [0.1, 0.15) is 11.6 Å². The van der Waals surface area contributed by atoms with Crippen LogP contribution in [-0.2, 0) is 0 Å². The summed E-state index contributed by atoms with van der Waals surface area (Å²) >= 11 is 0. The van der Waals surface area contributed by atoms with E-state index in [0.29, 0.717) is 5.56 Å². The SMILES string of the molecule is FC(F)(F)N1N=CC=CC1c1ccccc1. The fourth-order valence-corrected chi connectivity index (χ4v) is 1.54. The van der Waals surface area contributed by atoms with Gasteiger partial charge in [-0.15, -0.1) is 13.2 Å². The largest absolute Gasteiger partial charge is 0.501 e. The number of halogens is 3. The molecule has 1 aromatic rings. The Morgan fingerprint density at radius 3 is 2.44 bits per heavy atom. The fourth-order valence-electron chi connectivity index (χ4n) is 1.54. The van der Waals surface area contributed by atoms with E-state index in [1.807, 2.05) is 0 Å². The van der Waals surface area contributed by atoms with Crippen molar-refractivity contribution in [2.75, 3.05) is 0 Å². The normalized spacial score (nSPS) is 20.2. The summed E-state index contributed by atoms with van der Waals surface area (Å²) < 4.78 is 38.0. The van der Waals surface area contributed by atoms with Crippen LogP contribution in [0.2, 0.25) is 0 Å². The van der Waals surface area contributed by atoms with Crippen LogP contribution in [0.4, 0.5) is 13.2 Å². The van der Waals surface area contributed by atoms with Gasteiger partial charge in [0.1, 0.15) is 0 Å². The van der Waals surface area contributed by atoms with Crippen molar-refractivity contribution in [2.45, 2.75) is 12.3 Å². The standard InChI is InChI=1S/C11H9F3N2/c12-11(13,14)16-10(7-4-8-15-16)9-5-2-1-3-6-9/h1-8,10H. The Bertz CT molecular complexity index is 409. The van der Waals surface area contributed by atoms with E-state index in [1.54, 1.807) is 30.3 Å². The number of allylic oxidation sites excluding steroid dienone is 1. The van der Waals surface area contributed by atoms with Crippen molar-refractivity contribution in [3.8, 4) is 0 Å². The summed E-state index contributed by atoms with van der Waals surface area (Å²) in [5, 5.41) is 3.50. The van der Waals surface area contributed by atoms with Gasteiger partial charge in [0, 0.05) is 6.21 Å². The first-order valence-corrected chi connectivity index (χ1v) is 4.71. The van der Waals surface area contributed by atoms with Crippen LogP contribution in [0, 0.1) is 0 Å². The van der Waals surface area contributed by atoms with Crippen LogP contribution in [0.25, 0.3) is 0 Å². The van der Waals surface area contributed by atoms with Gasteiger partial charge in [-0.1, -0.05) is 36.4 Å². The number of rotatable bonds is 1. The van der Waals surface area contributed by atoms with E-state index in [9.17, 15) is 13.2 Å². The Morgan fingerprint density at radius 1 is 1.12 bits per heavy atom. The minimum absolute atomic E-state index is 0.141. The van der Waals surface area contributed by atoms with Crippen LogP contribution in [0.3, 0.4) is 0 Å². The van der Waals surface area contributed by atoms with Crippen LogP contribution in [-0.4, -0.2) is 17.5 Å². The molecule has 5 heteroatoms. The Hall–Kier alpha value is -1.78. The molecule has 0 radical (unpaired) electrons. The maximum Gasteiger partial charge on any atom is 0.501 e. The molecule has 0 bridgehead atoms. The van der Waals surface area contributed by atoms with Gasteiger partial charge in [0.25, 0.3) is 0 Å². The molecule has 0 aromatic heterocycles. The monoisotopic (exact) mass is 226 g/mol. The van der Waals surface area contributed by atoms with Crippen molar-refractivity contribution >= 4 is 6.21 Å². The molecule has 1 aliphatic rings. The maximum absolute atomic E-state index is 12.7. The highest BCUT2D eigenvalue weighted by Crippen LogP contribution is 2.34. The Kier molecular flexibility index (Phi) is 2.68. The molecule has 0 saturated carbocycles. The average Bonchev–Trinajstić information content (AvgIpc) is 2.29. The maximum atomic E-state index is 12.7. The van der Waals surface area contributed by atoms with Gasteiger partial charge < -0.3 is 0 Å². The van der Waals surface area contributed by atoms with Crippen molar-refractivity contribution in [3.63, 3.8) is 0 Å². The van der Waals surface area contributed by atoms with E-state index in [4.69, 9.17) is 0 Å². The number of alkyl halides is 3. The second kappa shape index (κ2) is 4.00. The molecule has 2 nitrogen and oxygen atoms in total. The molecule has 84 valence electrons. The molecule has 16 heavy (non-hydrogen) atoms. The molecule has 1 atom stereocenters. The van der Waals surface area contributed by atoms with Crippen LogP contribution < -0.4 is 0 Å². The Balaban J connectivity index is 2.33. The first kappa shape index (κ1) is 10.7. The molecule has 1 aliphatic heterocycles. The van der Waals surface area contributed by atoms with Gasteiger partial charge in [-0.05, 0) is 11.6 Å². The molecule has 1 aromatic carbocycles. The zero-order chi connectivity index (χ0) is 11.6. The summed E-state index contributed by atoms with van der Waals surface area (Å²) in [6, 6.07) is 7.58. The fraction of sp³-hybridized carbons (Fsp3) is 0.182. The summed E-state index contributed by atoms with van der Waals surface area (Å²) in [5.74, 6) is 0. The third-order valence-electron chi connectivity index (χ3n) is 2.23. The van der Waals surface area contributed by atoms with Crippen LogP contribution >= 0.6 is 0 Å². The van der Waals surface area contributed by atoms with E-state index in [2.05, 4.69) is 5.10 Å². The predicted molar refractivity (Wildman–Crippen MR) is 54.7 cm³/mol. The Labute approximate surface area is 90.7 Å². The van der Waals surface area contributed by atoms with Crippen molar-refractivity contribution in [1.82, 2.24) is 5.01 Å². The molecule has 0 amide bonds. The minimum atomic E-state index is -4.47. The lowest BCUT2D eigenvalue weighted by Gasteiger charge is -2.30. The van der Waals surface area contributed by atoms with E-state index in [-0.39, 0.29) is 5.01 Å². The molecule has 0 N–H and O–H groups in total. The lowest BCUT2D eigenvalue weighted by molar-refractivity contribution is -0.255. The first-order chi connectivity index (χ1) is 7.59. The lowest BCUT2D eigenvalue weighted by atomic mass is 10.1. The van der Waals surface area contributed by atoms with Crippen LogP contribution in [0.15, 0.2) is 47.6 Å². The van der Waals surface area contributed by atoms with Gasteiger partial charge in [0.2, 0.25) is 0 Å². The number of hydrogen-bond acceptors (Lipinski definition) is 2. The second-order valence-electron chi connectivity index (χ2n) is 3.32. The van der Waals surface area contributed by atoms with Gasteiger partial charge in [-0.25, -0.2) is 0 Å². The molecule has 0 fully saturated rings. The molecular formula is C11H9F3N2. The molecule has 1 heterocycles. The molecule has 2 rings (SSSR count). The Morgan fingerprint density at radius 2 is 1.81 bits per heavy atom. The van der Waals surface area contributed by atoms with Crippen LogP contribution in [0.5, 0.6) is 0 Å². The molecule has 0 aliphatic carbocycles. The highest BCUT2D eigenvalue weighted by atomic mass is 19.4. The van der Waals surface area contributed by atoms with E-state index < -0.39 is 12.3 Å². The van der Waals surface area contributed by atoms with E-state index in [1.165, 1.54) is 12.2 Å². The topological polar surface area (TPSA) is 15.6 Å². The zero-order valence-electron chi connectivity index (χ0n) is 8.22. The van der Waals surface area contributed by atoms with Gasteiger partial charge in [0.15, 0.2) is 0 Å². The summed E-state index contributed by atoms with van der Waals surface area (Å²) in [6.07, 6.45) is -0.357. The molecule has 1 unspecified atom stereocenters. The molecular weight excluding hydrogens is 217 g/mol. The van der Waals surface area contributed by atoms with Crippen molar-refractivity contribution < 1.29 is 13.2 Å². The predicted octanol–water partition coefficient (Wildman–Crippen LogP) is 3.11. The number of benzene rings is 1. The third-order valence-corrected chi connectivity index (χ3v) is 2.23. The van der Waals surface area contributed by atoms with Gasteiger partial charge in [-0.3, -0.25) is 0 Å². The number of nitrogens with zero attached hydrogens (tertiary/aromatic N) is 2. The molecule has 0 saturated heterocycles. The lowest BCUT2D eigenvalue weighted by Crippen LogP contribution is -2.37. The summed E-state index contributed by atoms with van der Waals surface area (Å²) in [4.78, 5) is 0. The zero-order valence-corrected chi connectivity index (χ0v) is 8.22. The smallest absolute Gasteiger partial charge is 0.193 e. The van der Waals surface area contributed by atoms with Crippen molar-refractivity contribution in [2.24, 2.45) is 5.10 Å². The number of hydrazone groups is 1. The quantitative estimate of drug-likeness (QED) is 0.672. The first-order valence-electron chi connectivity index (χ1n) is 4.71. The summed E-state index contributed by atoms with van der Waals surface area (Å²) in [5.41, 5.74) is 0.563. The van der Waals surface area contributed by atoms with Gasteiger partial charge in [-0.2, -0.15) is 10.1 Å². The van der Waals surface area contributed by atoms with Crippen molar-refractivity contribution in [1.29, 1.82) is 0 Å². The van der Waals surface area contributed by atoms with Gasteiger partial charge in [0.05, 0.1) is 6.04 Å². The summed E-state index contributed by atoms with van der Waals surface area (Å²) in [7, 11) is 0. The van der Waals surface area contributed by atoms with Crippen molar-refractivity contribution in [3.05, 3.63) is 48.0 Å². The van der Waals surface area contributed by atoms with E-state index in [0.717, 1.165) is 6.21 Å². The highest BCUT2D eigenvalue weighted by molar-refractivity contribution is 5.72. The summed E-state index contributed by atoms with van der Waals surface area (Å²) in [6.45, 7) is 0. The number of hydrogen-bond donors (Lipinski definition) is 0. The van der Waals surface area contributed by atoms with E-state index >= 15 is 0 Å². The minimum Gasteiger partial charge on any atom is -0.193 e. The second-order valence-corrected chi connectivity index (χ2v) is 3.32. The average molecular weight is 226 g/mol.